The van der Waals surface area contributed by atoms with Crippen molar-refractivity contribution in [3.8, 4) is 0 Å². The van der Waals surface area contributed by atoms with Gasteiger partial charge in [-0.1, -0.05) is 47.5 Å². The third-order valence-electron chi connectivity index (χ3n) is 3.66. The van der Waals surface area contributed by atoms with E-state index in [9.17, 15) is 4.79 Å². The van der Waals surface area contributed by atoms with Gasteiger partial charge in [-0.15, -0.1) is 0 Å². The average Bonchev–Trinajstić information content (AvgIpc) is 2.60. The number of carbonyl (C=O) groups is 1. The van der Waals surface area contributed by atoms with Gasteiger partial charge in [0.1, 0.15) is 5.82 Å². The van der Waals surface area contributed by atoms with Crippen LogP contribution >= 0.6 is 11.6 Å². The van der Waals surface area contributed by atoms with E-state index in [2.05, 4.69) is 40.7 Å². The molecule has 4 nitrogen and oxygen atoms in total. The quantitative estimate of drug-likeness (QED) is 0.686. The van der Waals surface area contributed by atoms with Crippen molar-refractivity contribution in [1.82, 2.24) is 4.98 Å². The molecule has 0 saturated carbocycles. The second-order valence-electron chi connectivity index (χ2n) is 5.74. The van der Waals surface area contributed by atoms with Crippen molar-refractivity contribution in [3.05, 3.63) is 88.6 Å². The average molecular weight is 352 g/mol. The molecule has 0 aliphatic carbocycles. The Labute approximate surface area is 151 Å². The van der Waals surface area contributed by atoms with Crippen molar-refractivity contribution < 1.29 is 4.79 Å². The number of rotatable bonds is 5. The van der Waals surface area contributed by atoms with Crippen LogP contribution in [0.2, 0.25) is 5.02 Å². The van der Waals surface area contributed by atoms with E-state index in [0.29, 0.717) is 28.6 Å². The molecule has 5 heteroatoms. The molecule has 0 aliphatic rings. The Kier molecular flexibility index (Phi) is 5.31. The first-order chi connectivity index (χ1) is 12.1. The smallest absolute Gasteiger partial charge is 0.255 e. The zero-order valence-electron chi connectivity index (χ0n) is 13.8. The molecular weight excluding hydrogens is 334 g/mol. The molecule has 0 radical (unpaired) electrons. The number of benzene rings is 2. The first-order valence-electron chi connectivity index (χ1n) is 7.92. The molecule has 3 aromatic rings. The van der Waals surface area contributed by atoms with Crippen LogP contribution in [0.5, 0.6) is 0 Å². The summed E-state index contributed by atoms with van der Waals surface area (Å²) >= 11 is 5.94. The molecule has 0 spiro atoms. The van der Waals surface area contributed by atoms with Crippen molar-refractivity contribution in [1.29, 1.82) is 0 Å². The molecule has 0 saturated heterocycles. The number of halogens is 1. The Morgan fingerprint density at radius 3 is 2.72 bits per heavy atom. The van der Waals surface area contributed by atoms with Gasteiger partial charge in [-0.2, -0.15) is 0 Å². The van der Waals surface area contributed by atoms with Gasteiger partial charge in [-0.25, -0.2) is 4.98 Å². The summed E-state index contributed by atoms with van der Waals surface area (Å²) < 4.78 is 0. The monoisotopic (exact) mass is 351 g/mol. The van der Waals surface area contributed by atoms with Crippen molar-refractivity contribution >= 4 is 29.0 Å². The minimum absolute atomic E-state index is 0.205. The summed E-state index contributed by atoms with van der Waals surface area (Å²) in [5.74, 6) is 0.448. The summed E-state index contributed by atoms with van der Waals surface area (Å²) in [6.45, 7) is 2.70. The maximum absolute atomic E-state index is 12.4. The lowest BCUT2D eigenvalue weighted by atomic mass is 10.1. The summed E-state index contributed by atoms with van der Waals surface area (Å²) in [6, 6.07) is 18.7. The van der Waals surface area contributed by atoms with E-state index in [0.717, 1.165) is 5.56 Å². The lowest BCUT2D eigenvalue weighted by Gasteiger charge is -2.09. The summed E-state index contributed by atoms with van der Waals surface area (Å²) in [6.07, 6.45) is 1.62. The molecule has 1 aromatic heterocycles. The van der Waals surface area contributed by atoms with E-state index in [1.807, 2.05) is 6.07 Å². The highest BCUT2D eigenvalue weighted by molar-refractivity contribution is 6.30. The maximum Gasteiger partial charge on any atom is 0.255 e. The van der Waals surface area contributed by atoms with Gasteiger partial charge in [0.25, 0.3) is 5.91 Å². The molecule has 126 valence electrons. The molecule has 2 aromatic carbocycles. The minimum atomic E-state index is -0.205. The number of hydrogen-bond acceptors (Lipinski definition) is 3. The molecule has 0 atom stereocenters. The van der Waals surface area contributed by atoms with Crippen molar-refractivity contribution in [2.24, 2.45) is 0 Å². The van der Waals surface area contributed by atoms with Crippen LogP contribution in [0.15, 0.2) is 66.9 Å². The standard InChI is InChI=1S/C20H18ClN3O/c1-14-4-2-5-15(10-14)13-23-19-11-16(8-9-22-19)20(25)24-18-7-3-6-17(21)12-18/h2-12H,13H2,1H3,(H,22,23)(H,24,25). The Morgan fingerprint density at radius 1 is 1.08 bits per heavy atom. The molecule has 0 fully saturated rings. The first-order valence-corrected chi connectivity index (χ1v) is 8.30. The fourth-order valence-electron chi connectivity index (χ4n) is 2.45. The number of nitrogens with zero attached hydrogens (tertiary/aromatic N) is 1. The fraction of sp³-hybridized carbons (Fsp3) is 0.100. The molecule has 0 unspecified atom stereocenters. The Balaban J connectivity index is 1.67. The molecular formula is C20H18ClN3O. The van der Waals surface area contributed by atoms with E-state index in [-0.39, 0.29) is 5.91 Å². The van der Waals surface area contributed by atoms with Crippen LogP contribution < -0.4 is 10.6 Å². The van der Waals surface area contributed by atoms with Crippen molar-refractivity contribution in [2.75, 3.05) is 10.6 Å². The lowest BCUT2D eigenvalue weighted by molar-refractivity contribution is 0.102. The zero-order chi connectivity index (χ0) is 17.6. The van der Waals surface area contributed by atoms with Crippen molar-refractivity contribution in [3.63, 3.8) is 0 Å². The third kappa shape index (κ3) is 4.81. The van der Waals surface area contributed by atoms with Crippen LogP contribution in [0.25, 0.3) is 0 Å². The summed E-state index contributed by atoms with van der Waals surface area (Å²) in [5, 5.41) is 6.65. The molecule has 3 rings (SSSR count). The highest BCUT2D eigenvalue weighted by atomic mass is 35.5. The van der Waals surface area contributed by atoms with Gasteiger partial charge in [0.15, 0.2) is 0 Å². The second kappa shape index (κ2) is 7.81. The zero-order valence-corrected chi connectivity index (χ0v) is 14.5. The van der Waals surface area contributed by atoms with E-state index in [4.69, 9.17) is 11.6 Å². The fourth-order valence-corrected chi connectivity index (χ4v) is 2.64. The number of aromatic nitrogens is 1. The predicted molar refractivity (Wildman–Crippen MR) is 102 cm³/mol. The number of anilines is 2. The number of hydrogen-bond donors (Lipinski definition) is 2. The second-order valence-corrected chi connectivity index (χ2v) is 6.17. The SMILES string of the molecule is Cc1cccc(CNc2cc(C(=O)Nc3cccc(Cl)c3)ccn2)c1. The molecule has 25 heavy (non-hydrogen) atoms. The van der Waals surface area contributed by atoms with Gasteiger partial charge in [0, 0.05) is 29.0 Å². The summed E-state index contributed by atoms with van der Waals surface area (Å²) in [7, 11) is 0. The largest absolute Gasteiger partial charge is 0.366 e. The van der Waals surface area contributed by atoms with Crippen LogP contribution in [0.3, 0.4) is 0 Å². The third-order valence-corrected chi connectivity index (χ3v) is 3.90. The Bertz CT molecular complexity index is 895. The number of nitrogens with one attached hydrogen (secondary N) is 2. The molecule has 0 bridgehead atoms. The molecule has 1 amide bonds. The van der Waals surface area contributed by atoms with Crippen LogP contribution in [0, 0.1) is 6.92 Å². The van der Waals surface area contributed by atoms with Gasteiger partial charge in [0.05, 0.1) is 0 Å². The van der Waals surface area contributed by atoms with Crippen LogP contribution in [0.4, 0.5) is 11.5 Å². The van der Waals surface area contributed by atoms with Crippen LogP contribution in [-0.4, -0.2) is 10.9 Å². The highest BCUT2D eigenvalue weighted by Gasteiger charge is 2.08. The van der Waals surface area contributed by atoms with Crippen LogP contribution in [-0.2, 0) is 6.54 Å². The Hall–Kier alpha value is -2.85. The van der Waals surface area contributed by atoms with E-state index in [1.165, 1.54) is 5.56 Å². The van der Waals surface area contributed by atoms with Crippen LogP contribution in [0.1, 0.15) is 21.5 Å². The van der Waals surface area contributed by atoms with Gasteiger partial charge >= 0.3 is 0 Å². The molecule has 0 aliphatic heterocycles. The minimum Gasteiger partial charge on any atom is -0.366 e. The topological polar surface area (TPSA) is 54.0 Å². The van der Waals surface area contributed by atoms with Gasteiger partial charge in [-0.05, 0) is 42.8 Å². The Morgan fingerprint density at radius 2 is 1.92 bits per heavy atom. The maximum atomic E-state index is 12.4. The van der Waals surface area contributed by atoms with E-state index in [1.54, 1.807) is 42.6 Å². The lowest BCUT2D eigenvalue weighted by Crippen LogP contribution is -2.12. The normalized spacial score (nSPS) is 10.3. The molecule has 1 heterocycles. The van der Waals surface area contributed by atoms with Gasteiger partial charge in [-0.3, -0.25) is 4.79 Å². The number of aryl methyl sites for hydroxylation is 1. The summed E-state index contributed by atoms with van der Waals surface area (Å²) in [4.78, 5) is 16.7. The highest BCUT2D eigenvalue weighted by Crippen LogP contribution is 2.17. The van der Waals surface area contributed by atoms with Crippen molar-refractivity contribution in [2.45, 2.75) is 13.5 Å². The summed E-state index contributed by atoms with van der Waals surface area (Å²) in [5.41, 5.74) is 3.56. The van der Waals surface area contributed by atoms with Gasteiger partial charge < -0.3 is 10.6 Å². The van der Waals surface area contributed by atoms with E-state index < -0.39 is 0 Å². The molecule has 2 N–H and O–H groups in total. The van der Waals surface area contributed by atoms with E-state index >= 15 is 0 Å². The number of carbonyl (C=O) groups excluding carboxylic acids is 1. The first kappa shape index (κ1) is 17.0. The number of amides is 1. The predicted octanol–water partition coefficient (Wildman–Crippen LogP) is 4.91. The van der Waals surface area contributed by atoms with Gasteiger partial charge in [0.2, 0.25) is 0 Å². The number of pyridine rings is 1.